The SMILES string of the molecule is CCc1ccccc1C#Cc1ccncc1. The Labute approximate surface area is 96.2 Å². The molecule has 0 fully saturated rings. The molecule has 0 amide bonds. The van der Waals surface area contributed by atoms with Crippen molar-refractivity contribution in [3.63, 3.8) is 0 Å². The van der Waals surface area contributed by atoms with E-state index in [1.54, 1.807) is 12.4 Å². The fourth-order valence-electron chi connectivity index (χ4n) is 1.53. The molecular formula is C15H13N. The number of hydrogen-bond acceptors (Lipinski definition) is 1. The number of aromatic nitrogens is 1. The van der Waals surface area contributed by atoms with Crippen LogP contribution >= 0.6 is 0 Å². The van der Waals surface area contributed by atoms with E-state index in [1.165, 1.54) is 5.56 Å². The van der Waals surface area contributed by atoms with Gasteiger partial charge in [-0.05, 0) is 30.2 Å². The third-order valence-corrected chi connectivity index (χ3v) is 2.42. The van der Waals surface area contributed by atoms with Gasteiger partial charge in [-0.3, -0.25) is 4.98 Å². The van der Waals surface area contributed by atoms with Gasteiger partial charge in [0, 0.05) is 23.5 Å². The molecule has 0 aliphatic heterocycles. The molecule has 0 saturated carbocycles. The summed E-state index contributed by atoms with van der Waals surface area (Å²) in [6.45, 7) is 2.15. The first-order chi connectivity index (χ1) is 7.90. The minimum atomic E-state index is 1.00. The van der Waals surface area contributed by atoms with Crippen LogP contribution in [0.3, 0.4) is 0 Å². The van der Waals surface area contributed by atoms with Crippen molar-refractivity contribution >= 4 is 0 Å². The maximum atomic E-state index is 3.97. The Balaban J connectivity index is 2.31. The summed E-state index contributed by atoms with van der Waals surface area (Å²) in [4.78, 5) is 3.97. The first-order valence-corrected chi connectivity index (χ1v) is 5.40. The van der Waals surface area contributed by atoms with Crippen molar-refractivity contribution in [1.29, 1.82) is 0 Å². The number of aryl methyl sites for hydroxylation is 1. The lowest BCUT2D eigenvalue weighted by Crippen LogP contribution is -1.86. The van der Waals surface area contributed by atoms with Crippen molar-refractivity contribution in [3.8, 4) is 11.8 Å². The van der Waals surface area contributed by atoms with E-state index >= 15 is 0 Å². The molecule has 1 aromatic carbocycles. The van der Waals surface area contributed by atoms with E-state index in [9.17, 15) is 0 Å². The first kappa shape index (κ1) is 10.4. The van der Waals surface area contributed by atoms with Gasteiger partial charge >= 0.3 is 0 Å². The second-order valence-corrected chi connectivity index (χ2v) is 3.50. The van der Waals surface area contributed by atoms with Gasteiger partial charge in [-0.1, -0.05) is 37.0 Å². The normalized spacial score (nSPS) is 9.31. The van der Waals surface area contributed by atoms with Crippen LogP contribution in [0.5, 0.6) is 0 Å². The molecule has 1 heteroatoms. The maximum absolute atomic E-state index is 3.97. The summed E-state index contributed by atoms with van der Waals surface area (Å²) in [6.07, 6.45) is 4.53. The van der Waals surface area contributed by atoms with Gasteiger partial charge in [0.2, 0.25) is 0 Å². The largest absolute Gasteiger partial charge is 0.265 e. The highest BCUT2D eigenvalue weighted by Gasteiger charge is 1.94. The van der Waals surface area contributed by atoms with Gasteiger partial charge in [0.1, 0.15) is 0 Å². The van der Waals surface area contributed by atoms with Gasteiger partial charge in [0.15, 0.2) is 0 Å². The van der Waals surface area contributed by atoms with E-state index < -0.39 is 0 Å². The zero-order valence-electron chi connectivity index (χ0n) is 9.27. The van der Waals surface area contributed by atoms with E-state index in [0.717, 1.165) is 17.5 Å². The predicted molar refractivity (Wildman–Crippen MR) is 66.0 cm³/mol. The monoisotopic (exact) mass is 207 g/mol. The molecule has 1 nitrogen and oxygen atoms in total. The molecule has 0 aliphatic rings. The van der Waals surface area contributed by atoms with Crippen LogP contribution in [0.15, 0.2) is 48.8 Å². The third-order valence-electron chi connectivity index (χ3n) is 2.42. The first-order valence-electron chi connectivity index (χ1n) is 5.40. The molecule has 2 aromatic rings. The summed E-state index contributed by atoms with van der Waals surface area (Å²) in [7, 11) is 0. The smallest absolute Gasteiger partial charge is 0.0280 e. The summed E-state index contributed by atoms with van der Waals surface area (Å²) in [6, 6.07) is 12.1. The Morgan fingerprint density at radius 3 is 2.50 bits per heavy atom. The van der Waals surface area contributed by atoms with Crippen LogP contribution in [-0.2, 0) is 6.42 Å². The minimum absolute atomic E-state index is 1.00. The predicted octanol–water partition coefficient (Wildman–Crippen LogP) is 3.04. The van der Waals surface area contributed by atoms with Crippen LogP contribution in [-0.4, -0.2) is 4.98 Å². The maximum Gasteiger partial charge on any atom is 0.0280 e. The van der Waals surface area contributed by atoms with Gasteiger partial charge in [-0.25, -0.2) is 0 Å². The minimum Gasteiger partial charge on any atom is -0.265 e. The van der Waals surface area contributed by atoms with Crippen LogP contribution in [0.2, 0.25) is 0 Å². The summed E-state index contributed by atoms with van der Waals surface area (Å²) in [5.74, 6) is 6.35. The van der Waals surface area contributed by atoms with Gasteiger partial charge in [0.05, 0.1) is 0 Å². The van der Waals surface area contributed by atoms with Gasteiger partial charge in [-0.15, -0.1) is 0 Å². The van der Waals surface area contributed by atoms with Crippen LogP contribution in [0, 0.1) is 11.8 Å². The van der Waals surface area contributed by atoms with Crippen LogP contribution in [0.4, 0.5) is 0 Å². The molecule has 1 aromatic heterocycles. The van der Waals surface area contributed by atoms with E-state index in [4.69, 9.17) is 0 Å². The molecule has 0 unspecified atom stereocenters. The van der Waals surface area contributed by atoms with Crippen molar-refractivity contribution in [2.24, 2.45) is 0 Å². The molecule has 0 saturated heterocycles. The highest BCUT2D eigenvalue weighted by molar-refractivity contribution is 5.45. The molecule has 0 bridgehead atoms. The number of rotatable bonds is 1. The van der Waals surface area contributed by atoms with Crippen molar-refractivity contribution in [2.75, 3.05) is 0 Å². The highest BCUT2D eigenvalue weighted by atomic mass is 14.6. The number of nitrogens with zero attached hydrogens (tertiary/aromatic N) is 1. The average Bonchev–Trinajstić information content (AvgIpc) is 2.38. The standard InChI is InChI=1S/C15H13N/c1-2-14-5-3-4-6-15(14)8-7-13-9-11-16-12-10-13/h3-6,9-12H,2H2,1H3. The Bertz CT molecular complexity index is 518. The molecule has 0 aliphatic carbocycles. The summed E-state index contributed by atoms with van der Waals surface area (Å²) in [5.41, 5.74) is 3.41. The molecule has 2 rings (SSSR count). The summed E-state index contributed by atoms with van der Waals surface area (Å²) < 4.78 is 0. The third kappa shape index (κ3) is 2.49. The van der Waals surface area contributed by atoms with Gasteiger partial charge in [0.25, 0.3) is 0 Å². The number of hydrogen-bond donors (Lipinski definition) is 0. The summed E-state index contributed by atoms with van der Waals surface area (Å²) in [5, 5.41) is 0. The Morgan fingerprint density at radius 2 is 1.75 bits per heavy atom. The highest BCUT2D eigenvalue weighted by Crippen LogP contribution is 2.07. The fraction of sp³-hybridized carbons (Fsp3) is 0.133. The molecule has 78 valence electrons. The molecule has 0 spiro atoms. The van der Waals surface area contributed by atoms with Crippen molar-refractivity contribution in [2.45, 2.75) is 13.3 Å². The fourth-order valence-corrected chi connectivity index (χ4v) is 1.53. The van der Waals surface area contributed by atoms with Gasteiger partial charge < -0.3 is 0 Å². The lowest BCUT2D eigenvalue weighted by molar-refractivity contribution is 1.13. The van der Waals surface area contributed by atoms with Crippen LogP contribution < -0.4 is 0 Å². The van der Waals surface area contributed by atoms with E-state index in [1.807, 2.05) is 18.2 Å². The van der Waals surface area contributed by atoms with E-state index in [2.05, 4.69) is 41.9 Å². The Hall–Kier alpha value is -2.07. The second kappa shape index (κ2) is 5.14. The van der Waals surface area contributed by atoms with Crippen LogP contribution in [0.1, 0.15) is 23.6 Å². The van der Waals surface area contributed by atoms with Crippen molar-refractivity contribution < 1.29 is 0 Å². The summed E-state index contributed by atoms with van der Waals surface area (Å²) >= 11 is 0. The molecule has 16 heavy (non-hydrogen) atoms. The van der Waals surface area contributed by atoms with Crippen molar-refractivity contribution in [3.05, 3.63) is 65.5 Å². The zero-order valence-corrected chi connectivity index (χ0v) is 9.27. The quantitative estimate of drug-likeness (QED) is 0.655. The number of benzene rings is 1. The van der Waals surface area contributed by atoms with Crippen molar-refractivity contribution in [1.82, 2.24) is 4.98 Å². The molecule has 0 N–H and O–H groups in total. The molecule has 0 atom stereocenters. The topological polar surface area (TPSA) is 12.9 Å². The lowest BCUT2D eigenvalue weighted by atomic mass is 10.1. The molecule has 1 heterocycles. The van der Waals surface area contributed by atoms with Crippen LogP contribution in [0.25, 0.3) is 0 Å². The lowest BCUT2D eigenvalue weighted by Gasteiger charge is -1.98. The number of pyridine rings is 1. The second-order valence-electron chi connectivity index (χ2n) is 3.50. The van der Waals surface area contributed by atoms with E-state index in [-0.39, 0.29) is 0 Å². The molecular weight excluding hydrogens is 194 g/mol. The Kier molecular flexibility index (Phi) is 3.35. The Morgan fingerprint density at radius 1 is 1.00 bits per heavy atom. The van der Waals surface area contributed by atoms with Gasteiger partial charge in [-0.2, -0.15) is 0 Å². The average molecular weight is 207 g/mol. The molecule has 0 radical (unpaired) electrons. The zero-order chi connectivity index (χ0) is 11.2. The van der Waals surface area contributed by atoms with E-state index in [0.29, 0.717) is 0 Å².